The maximum Gasteiger partial charge on any atom is 0.345 e. The molecule has 0 fully saturated rings. The fourth-order valence-corrected chi connectivity index (χ4v) is 4.03. The van der Waals surface area contributed by atoms with E-state index in [0.29, 0.717) is 44.1 Å². The first kappa shape index (κ1) is 28.6. The summed E-state index contributed by atoms with van der Waals surface area (Å²) >= 11 is 0. The normalized spacial score (nSPS) is 10.8. The van der Waals surface area contributed by atoms with Gasteiger partial charge in [0.2, 0.25) is 5.91 Å². The number of unbranched alkanes of at least 4 members (excludes halogenated alkanes) is 2. The topological polar surface area (TPSA) is 100 Å². The number of rotatable bonds is 17. The van der Waals surface area contributed by atoms with E-state index in [1.807, 2.05) is 26.0 Å². The van der Waals surface area contributed by atoms with Crippen LogP contribution in [-0.4, -0.2) is 38.0 Å². The molecule has 0 spiro atoms. The van der Waals surface area contributed by atoms with Gasteiger partial charge < -0.3 is 28.4 Å². The lowest BCUT2D eigenvalue weighted by molar-refractivity contribution is -0.116. The summed E-state index contributed by atoms with van der Waals surface area (Å²) in [6.07, 6.45) is 4.47. The van der Waals surface area contributed by atoms with Crippen molar-refractivity contribution < 1.29 is 32.7 Å². The minimum atomic E-state index is -1.26. The van der Waals surface area contributed by atoms with Crippen molar-refractivity contribution in [2.75, 3.05) is 25.1 Å². The lowest BCUT2D eigenvalue weighted by atomic mass is 10.1. The molecule has 0 bridgehead atoms. The fraction of sp³-hybridized carbons (Fsp3) is 0.423. The number of amides is 1. The smallest absolute Gasteiger partial charge is 0.345 e. The van der Waals surface area contributed by atoms with Crippen molar-refractivity contribution in [1.82, 2.24) is 0 Å². The first-order valence-electron chi connectivity index (χ1n) is 11.9. The molecule has 0 aliphatic heterocycles. The van der Waals surface area contributed by atoms with Crippen LogP contribution in [0.2, 0.25) is 0 Å². The molecule has 0 heterocycles. The Morgan fingerprint density at radius 2 is 1.63 bits per heavy atom. The van der Waals surface area contributed by atoms with Gasteiger partial charge in [-0.1, -0.05) is 24.3 Å². The van der Waals surface area contributed by atoms with Gasteiger partial charge in [-0.15, -0.1) is 0 Å². The maximum absolute atomic E-state index is 12.7. The van der Waals surface area contributed by atoms with Crippen LogP contribution in [0.15, 0.2) is 48.5 Å². The molecular weight excluding hydrogens is 469 g/mol. The van der Waals surface area contributed by atoms with Crippen LogP contribution in [-0.2, 0) is 29.6 Å². The van der Waals surface area contributed by atoms with E-state index < -0.39 is 14.6 Å². The summed E-state index contributed by atoms with van der Waals surface area (Å²) in [7, 11) is -1.26. The molecular formula is C26H34NO7P. The molecule has 0 aromatic heterocycles. The second-order valence-corrected chi connectivity index (χ2v) is 8.76. The molecule has 0 aliphatic rings. The van der Waals surface area contributed by atoms with Crippen LogP contribution in [0.3, 0.4) is 0 Å². The minimum Gasteiger partial charge on any atom is -0.423 e. The Morgan fingerprint density at radius 3 is 2.31 bits per heavy atom. The van der Waals surface area contributed by atoms with Crippen molar-refractivity contribution in [1.29, 1.82) is 0 Å². The predicted octanol–water partition coefficient (Wildman–Crippen LogP) is 5.85. The monoisotopic (exact) mass is 503 g/mol. The Hall–Kier alpha value is -2.64. The van der Waals surface area contributed by atoms with Crippen molar-refractivity contribution in [3.63, 3.8) is 0 Å². The summed E-state index contributed by atoms with van der Waals surface area (Å²) in [6, 6.07) is 14.1. The number of carbonyl (C=O) groups is 3. The zero-order chi connectivity index (χ0) is 25.3. The van der Waals surface area contributed by atoms with E-state index in [0.717, 1.165) is 31.1 Å². The fourth-order valence-electron chi connectivity index (χ4n) is 3.11. The van der Waals surface area contributed by atoms with E-state index in [1.165, 1.54) is 0 Å². The van der Waals surface area contributed by atoms with E-state index in [1.54, 1.807) is 36.4 Å². The number of carbonyl (C=O) groups excluding carboxylic acids is 3. The standard InChI is InChI=1S/C26H34NO7P/c1-3-31-35(32-4-2)33-20-10-8-11-21-15-17-22(18-16-21)34-26(30)23-12-5-6-13-24(23)27-25(29)14-7-9-19-28/h5-6,12-13,15-19H,3-4,7-11,14,20H2,1-2H3,(H,27,29). The number of aldehydes is 1. The number of para-hydroxylation sites is 1. The van der Waals surface area contributed by atoms with Gasteiger partial charge in [-0.05, 0) is 69.4 Å². The third kappa shape index (κ3) is 11.1. The number of anilines is 1. The number of aryl methyl sites for hydroxylation is 1. The van der Waals surface area contributed by atoms with Crippen molar-refractivity contribution in [2.24, 2.45) is 0 Å². The number of esters is 1. The first-order chi connectivity index (χ1) is 17.1. The molecule has 0 saturated heterocycles. The van der Waals surface area contributed by atoms with Crippen molar-refractivity contribution >= 4 is 32.5 Å². The number of ether oxygens (including phenoxy) is 1. The average Bonchev–Trinajstić information content (AvgIpc) is 2.85. The Balaban J connectivity index is 1.81. The third-order valence-corrected chi connectivity index (χ3v) is 6.14. The summed E-state index contributed by atoms with van der Waals surface area (Å²) in [4.78, 5) is 35.2. The van der Waals surface area contributed by atoms with E-state index in [4.69, 9.17) is 18.3 Å². The Morgan fingerprint density at radius 1 is 0.914 bits per heavy atom. The largest absolute Gasteiger partial charge is 0.423 e. The molecule has 2 aromatic carbocycles. The molecule has 1 N–H and O–H groups in total. The van der Waals surface area contributed by atoms with Crippen LogP contribution in [0.25, 0.3) is 0 Å². The van der Waals surface area contributed by atoms with Crippen LogP contribution in [0.1, 0.15) is 61.9 Å². The second kappa shape index (κ2) is 16.9. The number of hydrogen-bond donors (Lipinski definition) is 1. The van der Waals surface area contributed by atoms with E-state index >= 15 is 0 Å². The summed E-state index contributed by atoms with van der Waals surface area (Å²) in [5.74, 6) is -0.388. The summed E-state index contributed by atoms with van der Waals surface area (Å²) in [6.45, 7) is 5.52. The zero-order valence-corrected chi connectivity index (χ0v) is 21.3. The number of nitrogens with one attached hydrogen (secondary N) is 1. The number of hydrogen-bond acceptors (Lipinski definition) is 7. The van der Waals surface area contributed by atoms with Gasteiger partial charge in [0.1, 0.15) is 12.0 Å². The van der Waals surface area contributed by atoms with Gasteiger partial charge in [0.25, 0.3) is 0 Å². The predicted molar refractivity (Wildman–Crippen MR) is 135 cm³/mol. The van der Waals surface area contributed by atoms with Gasteiger partial charge in [0, 0.05) is 12.8 Å². The minimum absolute atomic E-state index is 0.205. The molecule has 9 heteroatoms. The SMILES string of the molecule is CCOP(OCC)OCCCCc1ccc(OC(=O)c2ccccc2NC(=O)CCCC=O)cc1. The van der Waals surface area contributed by atoms with Gasteiger partial charge in [0.05, 0.1) is 31.1 Å². The van der Waals surface area contributed by atoms with Crippen LogP contribution in [0, 0.1) is 0 Å². The second-order valence-electron chi connectivity index (χ2n) is 7.54. The molecule has 1 amide bonds. The van der Waals surface area contributed by atoms with Gasteiger partial charge in [0.15, 0.2) is 0 Å². The molecule has 0 aliphatic carbocycles. The Bertz CT molecular complexity index is 914. The highest BCUT2D eigenvalue weighted by atomic mass is 31.2. The molecule has 0 saturated carbocycles. The van der Waals surface area contributed by atoms with Crippen molar-refractivity contribution in [2.45, 2.75) is 52.4 Å². The van der Waals surface area contributed by atoms with Gasteiger partial charge in [-0.3, -0.25) is 4.79 Å². The molecule has 0 radical (unpaired) electrons. The van der Waals surface area contributed by atoms with E-state index in [-0.39, 0.29) is 17.9 Å². The molecule has 0 atom stereocenters. The zero-order valence-electron chi connectivity index (χ0n) is 20.4. The van der Waals surface area contributed by atoms with Crippen LogP contribution in [0.4, 0.5) is 5.69 Å². The van der Waals surface area contributed by atoms with Crippen LogP contribution < -0.4 is 10.1 Å². The lowest BCUT2D eigenvalue weighted by Crippen LogP contribution is -2.16. The van der Waals surface area contributed by atoms with Crippen molar-refractivity contribution in [3.8, 4) is 5.75 Å². The maximum atomic E-state index is 12.7. The lowest BCUT2D eigenvalue weighted by Gasteiger charge is -2.14. The van der Waals surface area contributed by atoms with Crippen molar-refractivity contribution in [3.05, 3.63) is 59.7 Å². The number of benzene rings is 2. The Labute approximate surface area is 208 Å². The average molecular weight is 504 g/mol. The summed E-state index contributed by atoms with van der Waals surface area (Å²) in [5.41, 5.74) is 1.77. The molecule has 2 aromatic rings. The third-order valence-electron chi connectivity index (χ3n) is 4.81. The Kier molecular flexibility index (Phi) is 13.8. The quantitative estimate of drug-likeness (QED) is 0.0950. The van der Waals surface area contributed by atoms with Crippen LogP contribution in [0.5, 0.6) is 5.75 Å². The highest BCUT2D eigenvalue weighted by Gasteiger charge is 2.15. The summed E-state index contributed by atoms with van der Waals surface area (Å²) in [5, 5.41) is 2.72. The molecule has 2 rings (SSSR count). The molecule has 0 unspecified atom stereocenters. The van der Waals surface area contributed by atoms with E-state index in [9.17, 15) is 14.4 Å². The molecule has 35 heavy (non-hydrogen) atoms. The summed E-state index contributed by atoms with van der Waals surface area (Å²) < 4.78 is 22.0. The highest BCUT2D eigenvalue weighted by molar-refractivity contribution is 7.41. The first-order valence-corrected chi connectivity index (χ1v) is 13.0. The van der Waals surface area contributed by atoms with Gasteiger partial charge in [-0.2, -0.15) is 0 Å². The highest BCUT2D eigenvalue weighted by Crippen LogP contribution is 2.39. The van der Waals surface area contributed by atoms with Gasteiger partial charge in [-0.25, -0.2) is 4.79 Å². The van der Waals surface area contributed by atoms with Gasteiger partial charge >= 0.3 is 14.6 Å². The van der Waals surface area contributed by atoms with Crippen LogP contribution >= 0.6 is 8.60 Å². The molecule has 8 nitrogen and oxygen atoms in total. The van der Waals surface area contributed by atoms with E-state index in [2.05, 4.69) is 5.32 Å². The molecule has 190 valence electrons.